The Morgan fingerprint density at radius 1 is 0.966 bits per heavy atom. The van der Waals surface area contributed by atoms with Crippen LogP contribution in [0.25, 0.3) is 0 Å². The number of carbonyl (C=O) groups excluding carboxylic acids is 1. The number of aliphatic hydroxyl groups is 1. The fourth-order valence-electron chi connectivity index (χ4n) is 2.98. The lowest BCUT2D eigenvalue weighted by atomic mass is 9.95. The number of carbonyl (C=O) groups is 1. The number of rotatable bonds is 10. The third-order valence-electron chi connectivity index (χ3n) is 4.34. The minimum atomic E-state index is -0.507. The van der Waals surface area contributed by atoms with Crippen LogP contribution in [-0.2, 0) is 9.47 Å². The number of hydrogen-bond donors (Lipinski definition) is 3. The molecule has 1 aliphatic heterocycles. The van der Waals surface area contributed by atoms with Gasteiger partial charge in [0, 0.05) is 12.1 Å². The Kier molecular flexibility index (Phi) is 7.29. The molecule has 8 nitrogen and oxygen atoms in total. The van der Waals surface area contributed by atoms with Crippen molar-refractivity contribution in [1.29, 1.82) is 0 Å². The number of aliphatic hydroxyl groups excluding tert-OH is 1. The molecule has 0 aliphatic carbocycles. The molecule has 2 aromatic carbocycles. The van der Waals surface area contributed by atoms with E-state index in [1.807, 2.05) is 0 Å². The van der Waals surface area contributed by atoms with Crippen molar-refractivity contribution >= 4 is 5.78 Å². The molecule has 0 saturated heterocycles. The zero-order valence-electron chi connectivity index (χ0n) is 15.9. The highest BCUT2D eigenvalue weighted by molar-refractivity contribution is 6.02. The lowest BCUT2D eigenvalue weighted by molar-refractivity contribution is 0.0246. The molecule has 1 unspecified atom stereocenters. The predicted molar refractivity (Wildman–Crippen MR) is 103 cm³/mol. The van der Waals surface area contributed by atoms with Crippen LogP contribution in [0.4, 0.5) is 0 Å². The van der Waals surface area contributed by atoms with E-state index in [1.165, 1.54) is 18.2 Å². The van der Waals surface area contributed by atoms with E-state index in [0.29, 0.717) is 25.6 Å². The summed E-state index contributed by atoms with van der Waals surface area (Å²) in [6.45, 7) is 1.57. The maximum Gasteiger partial charge on any atom is 0.174 e. The third-order valence-corrected chi connectivity index (χ3v) is 4.34. The van der Waals surface area contributed by atoms with Crippen LogP contribution in [0.15, 0.2) is 36.4 Å². The molecule has 2 aromatic rings. The van der Waals surface area contributed by atoms with E-state index in [1.54, 1.807) is 18.2 Å². The first-order chi connectivity index (χ1) is 14.1. The first kappa shape index (κ1) is 20.9. The van der Waals surface area contributed by atoms with Crippen LogP contribution < -0.4 is 9.47 Å². The Morgan fingerprint density at radius 2 is 1.66 bits per heavy atom. The van der Waals surface area contributed by atoms with Gasteiger partial charge in [-0.2, -0.15) is 0 Å². The molecule has 1 heterocycles. The maximum absolute atomic E-state index is 12.5. The molecule has 1 atom stereocenters. The van der Waals surface area contributed by atoms with Gasteiger partial charge < -0.3 is 34.3 Å². The van der Waals surface area contributed by atoms with Crippen LogP contribution in [0.1, 0.15) is 28.4 Å². The van der Waals surface area contributed by atoms with Crippen LogP contribution in [0.2, 0.25) is 0 Å². The molecule has 0 radical (unpaired) electrons. The first-order valence-corrected chi connectivity index (χ1v) is 9.33. The number of phenols is 2. The summed E-state index contributed by atoms with van der Waals surface area (Å²) in [5.74, 6) is 0.338. The average Bonchev–Trinajstić information content (AvgIpc) is 2.70. The van der Waals surface area contributed by atoms with E-state index >= 15 is 0 Å². The van der Waals surface area contributed by atoms with E-state index in [9.17, 15) is 15.0 Å². The highest BCUT2D eigenvalue weighted by Crippen LogP contribution is 2.42. The minimum absolute atomic E-state index is 0.0247. The van der Waals surface area contributed by atoms with Crippen molar-refractivity contribution < 1.29 is 39.1 Å². The SMILES string of the molecule is O=C1CC(c2ccc(O)cc2)Oc2cc(OCCOCCOCCO)cc(O)c21. The van der Waals surface area contributed by atoms with Gasteiger partial charge in [-0.1, -0.05) is 12.1 Å². The van der Waals surface area contributed by atoms with Crippen molar-refractivity contribution in [2.45, 2.75) is 12.5 Å². The molecule has 3 N–H and O–H groups in total. The Labute approximate surface area is 168 Å². The fourth-order valence-corrected chi connectivity index (χ4v) is 2.98. The van der Waals surface area contributed by atoms with E-state index in [-0.39, 0.29) is 54.8 Å². The van der Waals surface area contributed by atoms with Gasteiger partial charge in [-0.25, -0.2) is 0 Å². The van der Waals surface area contributed by atoms with Gasteiger partial charge in [0.25, 0.3) is 0 Å². The Morgan fingerprint density at radius 3 is 2.38 bits per heavy atom. The van der Waals surface area contributed by atoms with Gasteiger partial charge in [0.05, 0.1) is 39.5 Å². The average molecular weight is 404 g/mol. The van der Waals surface area contributed by atoms with Gasteiger partial charge in [0.15, 0.2) is 5.78 Å². The van der Waals surface area contributed by atoms with Crippen molar-refractivity contribution in [2.24, 2.45) is 0 Å². The number of ether oxygens (including phenoxy) is 4. The Balaban J connectivity index is 1.59. The highest BCUT2D eigenvalue weighted by atomic mass is 16.5. The molecular formula is C21H24O8. The highest BCUT2D eigenvalue weighted by Gasteiger charge is 2.31. The molecule has 0 amide bonds. The summed E-state index contributed by atoms with van der Waals surface area (Å²) in [6.07, 6.45) is -0.412. The zero-order chi connectivity index (χ0) is 20.6. The van der Waals surface area contributed by atoms with Gasteiger partial charge in [-0.3, -0.25) is 4.79 Å². The quantitative estimate of drug-likeness (QED) is 0.517. The van der Waals surface area contributed by atoms with Crippen molar-refractivity contribution in [2.75, 3.05) is 39.6 Å². The molecule has 0 fully saturated rings. The van der Waals surface area contributed by atoms with Gasteiger partial charge in [0.1, 0.15) is 41.3 Å². The first-order valence-electron chi connectivity index (χ1n) is 9.33. The third kappa shape index (κ3) is 5.60. The molecule has 1 aliphatic rings. The molecule has 156 valence electrons. The molecule has 0 saturated carbocycles. The number of phenolic OH excluding ortho intramolecular Hbond substituents is 2. The van der Waals surface area contributed by atoms with Gasteiger partial charge in [-0.05, 0) is 17.7 Å². The van der Waals surface area contributed by atoms with Crippen LogP contribution in [0.3, 0.4) is 0 Å². The van der Waals surface area contributed by atoms with Crippen LogP contribution >= 0.6 is 0 Å². The monoisotopic (exact) mass is 404 g/mol. The second-order valence-corrected chi connectivity index (χ2v) is 6.44. The van der Waals surface area contributed by atoms with E-state index < -0.39 is 6.10 Å². The van der Waals surface area contributed by atoms with E-state index in [0.717, 1.165) is 5.56 Å². The molecular weight excluding hydrogens is 380 g/mol. The molecule has 8 heteroatoms. The second kappa shape index (κ2) is 10.1. The van der Waals surface area contributed by atoms with Crippen molar-refractivity contribution in [3.05, 3.63) is 47.5 Å². The summed E-state index contributed by atoms with van der Waals surface area (Å²) >= 11 is 0. The zero-order valence-corrected chi connectivity index (χ0v) is 15.9. The lowest BCUT2D eigenvalue weighted by Crippen LogP contribution is -2.20. The topological polar surface area (TPSA) is 115 Å². The number of ketones is 1. The minimum Gasteiger partial charge on any atom is -0.508 e. The lowest BCUT2D eigenvalue weighted by Gasteiger charge is -2.26. The van der Waals surface area contributed by atoms with Gasteiger partial charge >= 0.3 is 0 Å². The summed E-state index contributed by atoms with van der Waals surface area (Å²) in [5.41, 5.74) is 0.897. The summed E-state index contributed by atoms with van der Waals surface area (Å²) in [4.78, 5) is 12.5. The number of fused-ring (bicyclic) bond motifs is 1. The van der Waals surface area contributed by atoms with E-state index in [4.69, 9.17) is 24.1 Å². The smallest absolute Gasteiger partial charge is 0.174 e. The van der Waals surface area contributed by atoms with Crippen molar-refractivity contribution in [3.63, 3.8) is 0 Å². The summed E-state index contributed by atoms with van der Waals surface area (Å²) in [5, 5.41) is 28.3. The maximum atomic E-state index is 12.5. The molecule has 29 heavy (non-hydrogen) atoms. The van der Waals surface area contributed by atoms with E-state index in [2.05, 4.69) is 0 Å². The van der Waals surface area contributed by atoms with Crippen molar-refractivity contribution in [3.8, 4) is 23.0 Å². The number of benzene rings is 2. The molecule has 3 rings (SSSR count). The number of Topliss-reactive ketones (excluding diaryl/α,β-unsaturated/α-hetero) is 1. The summed E-state index contributed by atoms with van der Waals surface area (Å²) < 4.78 is 21.9. The Hall–Kier alpha value is -2.81. The number of aromatic hydroxyl groups is 2. The normalized spacial score (nSPS) is 15.6. The summed E-state index contributed by atoms with van der Waals surface area (Å²) in [6, 6.07) is 9.41. The summed E-state index contributed by atoms with van der Waals surface area (Å²) in [7, 11) is 0. The Bertz CT molecular complexity index is 818. The molecule has 0 aromatic heterocycles. The molecule has 0 spiro atoms. The fraction of sp³-hybridized carbons (Fsp3) is 0.381. The van der Waals surface area contributed by atoms with Crippen LogP contribution in [-0.4, -0.2) is 60.7 Å². The molecule has 0 bridgehead atoms. The second-order valence-electron chi connectivity index (χ2n) is 6.44. The van der Waals surface area contributed by atoms with Crippen LogP contribution in [0.5, 0.6) is 23.0 Å². The standard InChI is InChI=1S/C21H24O8/c22-5-6-26-7-8-27-9-10-28-16-11-17(24)21-18(25)13-19(29-20(21)12-16)14-1-3-15(23)4-2-14/h1-4,11-12,19,22-24H,5-10,13H2. The van der Waals surface area contributed by atoms with Crippen molar-refractivity contribution in [1.82, 2.24) is 0 Å². The predicted octanol–water partition coefficient (Wildman–Crippen LogP) is 2.21. The van der Waals surface area contributed by atoms with Crippen LogP contribution in [0, 0.1) is 0 Å². The number of hydrogen-bond acceptors (Lipinski definition) is 8. The largest absolute Gasteiger partial charge is 0.508 e. The van der Waals surface area contributed by atoms with Gasteiger partial charge in [-0.15, -0.1) is 0 Å². The van der Waals surface area contributed by atoms with Gasteiger partial charge in [0.2, 0.25) is 0 Å².